The van der Waals surface area contributed by atoms with E-state index in [0.29, 0.717) is 13.1 Å². The van der Waals surface area contributed by atoms with Gasteiger partial charge in [-0.2, -0.15) is 0 Å². The van der Waals surface area contributed by atoms with Gasteiger partial charge in [-0.1, -0.05) is 64.7 Å². The van der Waals surface area contributed by atoms with E-state index in [2.05, 4.69) is 12.2 Å². The van der Waals surface area contributed by atoms with Crippen molar-refractivity contribution < 1.29 is 5.11 Å². The van der Waals surface area contributed by atoms with E-state index in [9.17, 15) is 5.11 Å². The smallest absolute Gasteiger partial charge is 0.0786 e. The van der Waals surface area contributed by atoms with Crippen molar-refractivity contribution in [3.63, 3.8) is 0 Å². The molecule has 1 atom stereocenters. The molecule has 0 aromatic rings. The van der Waals surface area contributed by atoms with Crippen molar-refractivity contribution in [2.24, 2.45) is 5.73 Å². The predicted octanol–water partition coefficient (Wildman–Crippen LogP) is 2.82. The first kappa shape index (κ1) is 17.9. The first-order chi connectivity index (χ1) is 8.81. The van der Waals surface area contributed by atoms with Crippen LogP contribution in [0.15, 0.2) is 0 Å². The van der Waals surface area contributed by atoms with Gasteiger partial charge in [0.1, 0.15) is 0 Å². The Labute approximate surface area is 114 Å². The fraction of sp³-hybridized carbons (Fsp3) is 1.00. The molecule has 0 saturated carbocycles. The summed E-state index contributed by atoms with van der Waals surface area (Å²) in [5, 5.41) is 12.5. The van der Waals surface area contributed by atoms with Crippen LogP contribution in [0.5, 0.6) is 0 Å². The molecule has 1 unspecified atom stereocenters. The summed E-state index contributed by atoms with van der Waals surface area (Å²) in [5.41, 5.74) is 5.32. The van der Waals surface area contributed by atoms with Gasteiger partial charge in [0.15, 0.2) is 0 Å². The molecule has 3 heteroatoms. The summed E-state index contributed by atoms with van der Waals surface area (Å²) in [5.74, 6) is 0. The molecule has 18 heavy (non-hydrogen) atoms. The molecule has 0 fully saturated rings. The van der Waals surface area contributed by atoms with Crippen LogP contribution >= 0.6 is 0 Å². The summed E-state index contributed by atoms with van der Waals surface area (Å²) >= 11 is 0. The van der Waals surface area contributed by atoms with Gasteiger partial charge < -0.3 is 16.2 Å². The monoisotopic (exact) mass is 258 g/mol. The summed E-state index contributed by atoms with van der Waals surface area (Å²) in [6.07, 6.45) is 13.3. The van der Waals surface area contributed by atoms with E-state index < -0.39 is 0 Å². The Hall–Kier alpha value is -0.120. The van der Waals surface area contributed by atoms with Gasteiger partial charge >= 0.3 is 0 Å². The minimum absolute atomic E-state index is 0.352. The lowest BCUT2D eigenvalue weighted by molar-refractivity contribution is 0.179. The van der Waals surface area contributed by atoms with Crippen LogP contribution in [0.3, 0.4) is 0 Å². The van der Waals surface area contributed by atoms with Crippen molar-refractivity contribution in [2.45, 2.75) is 77.2 Å². The molecule has 0 aliphatic rings. The fourth-order valence-corrected chi connectivity index (χ4v) is 2.09. The maximum Gasteiger partial charge on any atom is 0.0786 e. The highest BCUT2D eigenvalue weighted by molar-refractivity contribution is 4.59. The molecule has 3 nitrogen and oxygen atoms in total. The number of unbranched alkanes of at least 4 members (excludes halogenated alkanes) is 9. The van der Waals surface area contributed by atoms with Gasteiger partial charge in [-0.25, -0.2) is 0 Å². The molecule has 0 heterocycles. The third-order valence-electron chi connectivity index (χ3n) is 3.36. The van der Waals surface area contributed by atoms with Crippen LogP contribution in [0.1, 0.15) is 71.1 Å². The van der Waals surface area contributed by atoms with Crippen LogP contribution in [0.4, 0.5) is 0 Å². The molecular formula is C15H34N2O. The van der Waals surface area contributed by atoms with E-state index in [1.807, 2.05) is 0 Å². The lowest BCUT2D eigenvalue weighted by Crippen LogP contribution is -2.33. The third kappa shape index (κ3) is 13.9. The van der Waals surface area contributed by atoms with Gasteiger partial charge in [-0.15, -0.1) is 0 Å². The fourth-order valence-electron chi connectivity index (χ4n) is 2.09. The van der Waals surface area contributed by atoms with Crippen LogP contribution < -0.4 is 11.1 Å². The number of hydrogen-bond acceptors (Lipinski definition) is 3. The summed E-state index contributed by atoms with van der Waals surface area (Å²) < 4.78 is 0. The van der Waals surface area contributed by atoms with Crippen LogP contribution in [0.2, 0.25) is 0 Å². The molecule has 0 rings (SSSR count). The maximum absolute atomic E-state index is 9.23. The minimum atomic E-state index is -0.381. The quantitative estimate of drug-likeness (QED) is 0.420. The van der Waals surface area contributed by atoms with Crippen LogP contribution in [0, 0.1) is 0 Å². The molecule has 4 N–H and O–H groups in total. The Morgan fingerprint density at radius 2 is 1.39 bits per heavy atom. The zero-order chi connectivity index (χ0) is 13.5. The summed E-state index contributed by atoms with van der Waals surface area (Å²) in [4.78, 5) is 0. The van der Waals surface area contributed by atoms with E-state index in [-0.39, 0.29) is 6.10 Å². The van der Waals surface area contributed by atoms with Gasteiger partial charge in [-0.3, -0.25) is 0 Å². The molecule has 0 aromatic carbocycles. The van der Waals surface area contributed by atoms with Crippen LogP contribution in [-0.4, -0.2) is 30.8 Å². The molecule has 0 aliphatic carbocycles. The zero-order valence-electron chi connectivity index (χ0n) is 12.3. The molecule has 0 amide bonds. The molecule has 0 bridgehead atoms. The number of aliphatic hydroxyl groups excluding tert-OH is 1. The Morgan fingerprint density at radius 3 is 1.89 bits per heavy atom. The van der Waals surface area contributed by atoms with Crippen LogP contribution in [0.25, 0.3) is 0 Å². The largest absolute Gasteiger partial charge is 0.390 e. The highest BCUT2D eigenvalue weighted by atomic mass is 16.3. The van der Waals surface area contributed by atoms with Crippen molar-refractivity contribution in [1.29, 1.82) is 0 Å². The highest BCUT2D eigenvalue weighted by Gasteiger charge is 1.98. The summed E-state index contributed by atoms with van der Waals surface area (Å²) in [7, 11) is 0. The molecule has 0 saturated heterocycles. The predicted molar refractivity (Wildman–Crippen MR) is 79.8 cm³/mol. The van der Waals surface area contributed by atoms with Gasteiger partial charge in [0.2, 0.25) is 0 Å². The summed E-state index contributed by atoms with van der Waals surface area (Å²) in [6.45, 7) is 4.26. The zero-order valence-corrected chi connectivity index (χ0v) is 12.3. The maximum atomic E-state index is 9.23. The van der Waals surface area contributed by atoms with Crippen molar-refractivity contribution >= 4 is 0 Å². The Morgan fingerprint density at radius 1 is 0.889 bits per heavy atom. The number of rotatable bonds is 14. The molecule has 0 spiro atoms. The van der Waals surface area contributed by atoms with E-state index in [1.54, 1.807) is 0 Å². The van der Waals surface area contributed by atoms with Crippen molar-refractivity contribution in [2.75, 3.05) is 19.6 Å². The Bertz CT molecular complexity index is 153. The SMILES string of the molecule is CCCCCCCCCCCCNCC(O)CN. The van der Waals surface area contributed by atoms with E-state index in [4.69, 9.17) is 5.73 Å². The molecule has 110 valence electrons. The van der Waals surface area contributed by atoms with E-state index in [0.717, 1.165) is 6.54 Å². The number of nitrogens with one attached hydrogen (secondary N) is 1. The topological polar surface area (TPSA) is 58.3 Å². The Balaban J connectivity index is 2.94. The third-order valence-corrected chi connectivity index (χ3v) is 3.36. The number of nitrogens with two attached hydrogens (primary N) is 1. The lowest BCUT2D eigenvalue weighted by atomic mass is 10.1. The second-order valence-corrected chi connectivity index (χ2v) is 5.28. The highest BCUT2D eigenvalue weighted by Crippen LogP contribution is 2.10. The first-order valence-electron chi connectivity index (χ1n) is 7.90. The second-order valence-electron chi connectivity index (χ2n) is 5.28. The van der Waals surface area contributed by atoms with Gasteiger partial charge in [0.05, 0.1) is 6.10 Å². The van der Waals surface area contributed by atoms with Gasteiger partial charge in [-0.05, 0) is 13.0 Å². The van der Waals surface area contributed by atoms with Gasteiger partial charge in [0.25, 0.3) is 0 Å². The van der Waals surface area contributed by atoms with Crippen molar-refractivity contribution in [1.82, 2.24) is 5.32 Å². The number of hydrogen-bond donors (Lipinski definition) is 3. The minimum Gasteiger partial charge on any atom is -0.390 e. The molecular weight excluding hydrogens is 224 g/mol. The normalized spacial score (nSPS) is 12.8. The van der Waals surface area contributed by atoms with E-state index in [1.165, 1.54) is 64.2 Å². The number of aliphatic hydroxyl groups is 1. The lowest BCUT2D eigenvalue weighted by Gasteiger charge is -2.08. The average Bonchev–Trinajstić information content (AvgIpc) is 2.39. The summed E-state index contributed by atoms with van der Waals surface area (Å²) in [6, 6.07) is 0. The van der Waals surface area contributed by atoms with Crippen LogP contribution in [-0.2, 0) is 0 Å². The van der Waals surface area contributed by atoms with Gasteiger partial charge in [0, 0.05) is 13.1 Å². The average molecular weight is 258 g/mol. The van der Waals surface area contributed by atoms with Crippen molar-refractivity contribution in [3.8, 4) is 0 Å². The molecule has 0 radical (unpaired) electrons. The molecule has 0 aromatic heterocycles. The first-order valence-corrected chi connectivity index (χ1v) is 7.90. The van der Waals surface area contributed by atoms with Crippen molar-refractivity contribution in [3.05, 3.63) is 0 Å². The Kier molecular flexibility index (Phi) is 14.8. The standard InChI is InChI=1S/C15H34N2O/c1-2-3-4-5-6-7-8-9-10-11-12-17-14-15(18)13-16/h15,17-18H,2-14,16H2,1H3. The second kappa shape index (κ2) is 14.9. The molecule has 0 aliphatic heterocycles. The van der Waals surface area contributed by atoms with E-state index >= 15 is 0 Å².